The molecular weight excluding hydrogens is 378 g/mol. The zero-order chi connectivity index (χ0) is 20.5. The van der Waals surface area contributed by atoms with E-state index in [0.29, 0.717) is 18.1 Å². The number of ether oxygens (including phenoxy) is 1. The fraction of sp³-hybridized carbons (Fsp3) is 0.364. The van der Waals surface area contributed by atoms with Gasteiger partial charge >= 0.3 is 0 Å². The molecule has 0 amide bonds. The number of rotatable bonds is 5. The minimum atomic E-state index is 0.364. The smallest absolute Gasteiger partial charge is 0.226 e. The molecule has 1 fully saturated rings. The molecule has 0 aliphatic heterocycles. The molecule has 0 radical (unpaired) electrons. The van der Waals surface area contributed by atoms with Crippen molar-refractivity contribution in [2.45, 2.75) is 37.8 Å². The maximum absolute atomic E-state index is 5.47. The predicted octanol–water partition coefficient (Wildman–Crippen LogP) is 3.98. The van der Waals surface area contributed by atoms with Crippen molar-refractivity contribution in [2.24, 2.45) is 0 Å². The molecule has 1 aliphatic rings. The fourth-order valence-electron chi connectivity index (χ4n) is 4.21. The van der Waals surface area contributed by atoms with Crippen LogP contribution in [-0.2, 0) is 4.74 Å². The Labute approximate surface area is 174 Å². The summed E-state index contributed by atoms with van der Waals surface area (Å²) >= 11 is 0. The van der Waals surface area contributed by atoms with E-state index in [4.69, 9.17) is 19.7 Å². The molecule has 0 unspecified atom stereocenters. The predicted molar refractivity (Wildman–Crippen MR) is 119 cm³/mol. The largest absolute Gasteiger partial charge is 0.381 e. The molecule has 0 spiro atoms. The average Bonchev–Trinajstić information content (AvgIpc) is 3.23. The molecule has 1 saturated carbocycles. The van der Waals surface area contributed by atoms with Crippen molar-refractivity contribution in [2.75, 3.05) is 24.8 Å². The summed E-state index contributed by atoms with van der Waals surface area (Å²) in [5.41, 5.74) is 4.35. The molecule has 154 valence electrons. The van der Waals surface area contributed by atoms with Crippen LogP contribution in [0.15, 0.2) is 36.7 Å². The highest BCUT2D eigenvalue weighted by atomic mass is 16.5. The second-order valence-electron chi connectivity index (χ2n) is 7.66. The first kappa shape index (κ1) is 18.7. The van der Waals surface area contributed by atoms with Gasteiger partial charge in [-0.05, 0) is 49.9 Å². The first-order valence-electron chi connectivity index (χ1n) is 10.3. The number of pyridine rings is 2. The Balaban J connectivity index is 1.48. The summed E-state index contributed by atoms with van der Waals surface area (Å²) in [6.45, 7) is 0. The van der Waals surface area contributed by atoms with Gasteiger partial charge in [0.15, 0.2) is 0 Å². The summed E-state index contributed by atoms with van der Waals surface area (Å²) in [5.74, 6) is 1.41. The molecule has 3 N–H and O–H groups in total. The van der Waals surface area contributed by atoms with Crippen molar-refractivity contribution in [1.29, 1.82) is 0 Å². The monoisotopic (exact) mass is 403 g/mol. The third-order valence-electron chi connectivity index (χ3n) is 5.84. The third-order valence-corrected chi connectivity index (χ3v) is 5.84. The van der Waals surface area contributed by atoms with Crippen molar-refractivity contribution in [3.8, 4) is 11.3 Å². The van der Waals surface area contributed by atoms with E-state index in [2.05, 4.69) is 20.6 Å². The van der Waals surface area contributed by atoms with Crippen LogP contribution in [0, 0.1) is 0 Å². The quantitative estimate of drug-likeness (QED) is 0.463. The number of anilines is 2. The number of hydrogen-bond donors (Lipinski definition) is 3. The Bertz CT molecular complexity index is 1180. The molecule has 0 atom stereocenters. The van der Waals surface area contributed by atoms with Gasteiger partial charge in [0.2, 0.25) is 5.95 Å². The van der Waals surface area contributed by atoms with Crippen molar-refractivity contribution < 1.29 is 4.74 Å². The van der Waals surface area contributed by atoms with E-state index >= 15 is 0 Å². The molecular formula is C22H25N7O. The SMILES string of the molecule is CNc1nc(N[C@H]2CC[C@@H](OC)CC2)nc2[nH]cc(-c3ccc4ncccc4n3)c12. The van der Waals surface area contributed by atoms with Gasteiger partial charge in [0.1, 0.15) is 11.5 Å². The van der Waals surface area contributed by atoms with E-state index in [1.54, 1.807) is 13.3 Å². The standard InChI is InChI=1S/C22H25N7O/c1-23-20-19-15(16-9-10-17-18(27-16)4-3-11-24-17)12-25-21(19)29-22(28-20)26-13-5-7-14(30-2)8-6-13/h3-4,9-14H,5-8H2,1-2H3,(H3,23,25,26,28,29)/t13-,14+. The minimum Gasteiger partial charge on any atom is -0.381 e. The van der Waals surface area contributed by atoms with Gasteiger partial charge in [-0.3, -0.25) is 4.98 Å². The van der Waals surface area contributed by atoms with Crippen LogP contribution in [0.4, 0.5) is 11.8 Å². The number of methoxy groups -OCH3 is 1. The van der Waals surface area contributed by atoms with Crippen LogP contribution in [0.1, 0.15) is 25.7 Å². The number of hydrogen-bond acceptors (Lipinski definition) is 7. The second-order valence-corrected chi connectivity index (χ2v) is 7.66. The summed E-state index contributed by atoms with van der Waals surface area (Å²) in [6.07, 6.45) is 8.32. The number of fused-ring (bicyclic) bond motifs is 2. The topological polar surface area (TPSA) is 101 Å². The number of aromatic amines is 1. The lowest BCUT2D eigenvalue weighted by Gasteiger charge is -2.28. The van der Waals surface area contributed by atoms with Crippen molar-refractivity contribution in [3.05, 3.63) is 36.7 Å². The molecule has 5 rings (SSSR count). The third kappa shape index (κ3) is 3.43. The van der Waals surface area contributed by atoms with E-state index in [9.17, 15) is 0 Å². The lowest BCUT2D eigenvalue weighted by atomic mass is 9.93. The van der Waals surface area contributed by atoms with Gasteiger partial charge in [0.05, 0.1) is 28.2 Å². The van der Waals surface area contributed by atoms with Crippen LogP contribution in [0.25, 0.3) is 33.3 Å². The molecule has 0 bridgehead atoms. The lowest BCUT2D eigenvalue weighted by molar-refractivity contribution is 0.0681. The van der Waals surface area contributed by atoms with Crippen LogP contribution in [0.2, 0.25) is 0 Å². The van der Waals surface area contributed by atoms with E-state index in [-0.39, 0.29) is 0 Å². The average molecular weight is 403 g/mol. The summed E-state index contributed by atoms with van der Waals surface area (Å²) < 4.78 is 5.47. The molecule has 4 heterocycles. The van der Waals surface area contributed by atoms with Crippen LogP contribution < -0.4 is 10.6 Å². The zero-order valence-corrected chi connectivity index (χ0v) is 17.1. The molecule has 8 heteroatoms. The first-order chi connectivity index (χ1) is 14.7. The Kier molecular flexibility index (Phi) is 4.92. The van der Waals surface area contributed by atoms with E-state index in [0.717, 1.165) is 64.8 Å². The maximum atomic E-state index is 5.47. The molecule has 0 aromatic carbocycles. The molecule has 4 aromatic heterocycles. The van der Waals surface area contributed by atoms with E-state index < -0.39 is 0 Å². The van der Waals surface area contributed by atoms with E-state index in [1.807, 2.05) is 37.5 Å². The number of aromatic nitrogens is 5. The minimum absolute atomic E-state index is 0.364. The number of nitrogens with zero attached hydrogens (tertiary/aromatic N) is 4. The molecule has 30 heavy (non-hydrogen) atoms. The fourth-order valence-corrected chi connectivity index (χ4v) is 4.21. The van der Waals surface area contributed by atoms with Crippen LogP contribution in [0.3, 0.4) is 0 Å². The van der Waals surface area contributed by atoms with Gasteiger partial charge in [-0.1, -0.05) is 0 Å². The molecule has 1 aliphatic carbocycles. The van der Waals surface area contributed by atoms with Crippen molar-refractivity contribution in [1.82, 2.24) is 24.9 Å². The molecule has 4 aromatic rings. The zero-order valence-electron chi connectivity index (χ0n) is 17.1. The normalized spacial score (nSPS) is 19.3. The van der Waals surface area contributed by atoms with Gasteiger partial charge in [0.25, 0.3) is 0 Å². The second kappa shape index (κ2) is 7.87. The van der Waals surface area contributed by atoms with E-state index in [1.165, 1.54) is 0 Å². The van der Waals surface area contributed by atoms with Gasteiger partial charge in [-0.2, -0.15) is 9.97 Å². The van der Waals surface area contributed by atoms with Crippen LogP contribution in [0.5, 0.6) is 0 Å². The van der Waals surface area contributed by atoms with Crippen LogP contribution >= 0.6 is 0 Å². The van der Waals surface area contributed by atoms with Crippen LogP contribution in [-0.4, -0.2) is 51.2 Å². The molecule has 8 nitrogen and oxygen atoms in total. The Morgan fingerprint density at radius 2 is 1.90 bits per heavy atom. The van der Waals surface area contributed by atoms with Gasteiger partial charge in [-0.25, -0.2) is 4.98 Å². The first-order valence-corrected chi connectivity index (χ1v) is 10.3. The number of H-pyrrole nitrogens is 1. The maximum Gasteiger partial charge on any atom is 0.226 e. The van der Waals surface area contributed by atoms with Gasteiger partial charge in [-0.15, -0.1) is 0 Å². The highest BCUT2D eigenvalue weighted by Gasteiger charge is 2.22. The summed E-state index contributed by atoms with van der Waals surface area (Å²) in [7, 11) is 3.67. The highest BCUT2D eigenvalue weighted by Crippen LogP contribution is 2.33. The Morgan fingerprint density at radius 1 is 1.03 bits per heavy atom. The molecule has 0 saturated heterocycles. The number of nitrogens with one attached hydrogen (secondary N) is 3. The summed E-state index contributed by atoms with van der Waals surface area (Å²) in [4.78, 5) is 21.9. The van der Waals surface area contributed by atoms with Crippen molar-refractivity contribution >= 4 is 33.8 Å². The van der Waals surface area contributed by atoms with Gasteiger partial charge in [0, 0.05) is 38.2 Å². The summed E-state index contributed by atoms with van der Waals surface area (Å²) in [6, 6.07) is 8.20. The highest BCUT2D eigenvalue weighted by molar-refractivity contribution is 6.01. The Hall–Kier alpha value is -3.26. The Morgan fingerprint density at radius 3 is 2.70 bits per heavy atom. The lowest BCUT2D eigenvalue weighted by Crippen LogP contribution is -2.29. The van der Waals surface area contributed by atoms with Gasteiger partial charge < -0.3 is 20.4 Å². The summed E-state index contributed by atoms with van der Waals surface area (Å²) in [5, 5.41) is 7.66. The van der Waals surface area contributed by atoms with Crippen molar-refractivity contribution in [3.63, 3.8) is 0 Å².